The van der Waals surface area contributed by atoms with E-state index in [1.165, 1.54) is 23.9 Å². The number of ether oxygens (including phenoxy) is 2. The lowest BCUT2D eigenvalue weighted by Gasteiger charge is -2.28. The van der Waals surface area contributed by atoms with E-state index >= 15 is 0 Å². The van der Waals surface area contributed by atoms with Gasteiger partial charge in [-0.25, -0.2) is 4.99 Å². The van der Waals surface area contributed by atoms with E-state index in [2.05, 4.69) is 15.3 Å². The third-order valence-electron chi connectivity index (χ3n) is 5.31. The third kappa shape index (κ3) is 3.11. The summed E-state index contributed by atoms with van der Waals surface area (Å²) in [4.78, 5) is 31.9. The van der Waals surface area contributed by atoms with Crippen LogP contribution in [-0.2, 0) is 14.3 Å². The zero-order valence-electron chi connectivity index (χ0n) is 16.7. The van der Waals surface area contributed by atoms with E-state index in [1.807, 2.05) is 0 Å². The summed E-state index contributed by atoms with van der Waals surface area (Å²) in [5, 5.41) is 25.4. The van der Waals surface area contributed by atoms with Gasteiger partial charge in [-0.15, -0.1) is 0 Å². The zero-order chi connectivity index (χ0) is 21.8. The van der Waals surface area contributed by atoms with E-state index in [1.54, 1.807) is 20.0 Å². The van der Waals surface area contributed by atoms with Gasteiger partial charge in [-0.05, 0) is 6.92 Å². The molecule has 2 aromatic heterocycles. The maximum atomic E-state index is 11.9. The molecule has 0 amide bonds. The number of nitrogens with zero attached hydrogens (tertiary/aromatic N) is 3. The molecular weight excluding hydrogens is 394 g/mol. The highest BCUT2D eigenvalue weighted by Crippen LogP contribution is 2.45. The number of nitrogens with one attached hydrogen (secondary N) is 1. The van der Waals surface area contributed by atoms with Crippen LogP contribution >= 0.6 is 0 Å². The summed E-state index contributed by atoms with van der Waals surface area (Å²) in [6, 6.07) is 1.20. The second kappa shape index (κ2) is 7.04. The molecule has 0 bridgehead atoms. The quantitative estimate of drug-likeness (QED) is 0.512. The van der Waals surface area contributed by atoms with Gasteiger partial charge in [0, 0.05) is 23.3 Å². The average molecular weight is 417 g/mol. The van der Waals surface area contributed by atoms with Crippen molar-refractivity contribution in [3.63, 3.8) is 0 Å². The Morgan fingerprint density at radius 2 is 2.23 bits per heavy atom. The predicted octanol–water partition coefficient (Wildman–Crippen LogP) is 0.272. The molecule has 4 heterocycles. The van der Waals surface area contributed by atoms with Crippen molar-refractivity contribution in [3.05, 3.63) is 22.6 Å². The molecule has 160 valence electrons. The second-order valence-corrected chi connectivity index (χ2v) is 7.93. The number of aliphatic imine (C=N–C) groups is 1. The molecule has 0 unspecified atom stereocenters. The van der Waals surface area contributed by atoms with Crippen LogP contribution in [0.5, 0.6) is 0 Å². The molecule has 5 N–H and O–H groups in total. The molecule has 1 fully saturated rings. The van der Waals surface area contributed by atoms with Gasteiger partial charge in [0.25, 0.3) is 5.56 Å². The van der Waals surface area contributed by atoms with Crippen molar-refractivity contribution in [3.8, 4) is 0 Å². The van der Waals surface area contributed by atoms with Crippen LogP contribution in [0, 0.1) is 5.92 Å². The number of rotatable bonds is 4. The number of hydrogen-bond acceptors (Lipinski definition) is 10. The highest BCUT2D eigenvalue weighted by Gasteiger charge is 2.54. The minimum Gasteiger partial charge on any atom is -0.463 e. The molecule has 4 atom stereocenters. The van der Waals surface area contributed by atoms with E-state index < -0.39 is 35.6 Å². The molecule has 0 saturated carbocycles. The van der Waals surface area contributed by atoms with Gasteiger partial charge in [0.2, 0.25) is 0 Å². The van der Waals surface area contributed by atoms with E-state index in [-0.39, 0.29) is 24.0 Å². The number of esters is 1. The zero-order valence-corrected chi connectivity index (χ0v) is 16.7. The average Bonchev–Trinajstić information content (AvgIpc) is 3.12. The van der Waals surface area contributed by atoms with E-state index in [0.29, 0.717) is 16.6 Å². The fourth-order valence-corrected chi connectivity index (χ4v) is 3.65. The Balaban J connectivity index is 1.76. The normalized spacial score (nSPS) is 27.5. The third-order valence-corrected chi connectivity index (χ3v) is 5.31. The standard InChI is InChI=1S/C19H23N5O6/c1-8(2)17(27)29-6-11-14(26)19(3,28)18(30-11)24-5-9-10(20)4-12(25)23-15-13(9)16(24)22-7-21-15/h4-5,7-8,11,14,18,26,28H,6,20H2,1-3H3,(H,21,22,23,25)/t11-,14-,18-,19+/m1/s1. The van der Waals surface area contributed by atoms with Gasteiger partial charge in [-0.2, -0.15) is 4.98 Å². The van der Waals surface area contributed by atoms with Crippen molar-refractivity contribution in [2.45, 2.75) is 44.8 Å². The predicted molar refractivity (Wildman–Crippen MR) is 109 cm³/mol. The Bertz CT molecular complexity index is 1110. The summed E-state index contributed by atoms with van der Waals surface area (Å²) in [6.07, 6.45) is -0.389. The van der Waals surface area contributed by atoms with Crippen LogP contribution in [0.2, 0.25) is 0 Å². The molecule has 1 saturated heterocycles. The van der Waals surface area contributed by atoms with Crippen LogP contribution in [0.15, 0.2) is 22.1 Å². The summed E-state index contributed by atoms with van der Waals surface area (Å²) in [5.41, 5.74) is 4.01. The lowest BCUT2D eigenvalue weighted by molar-refractivity contribution is -0.153. The van der Waals surface area contributed by atoms with Gasteiger partial charge in [0.1, 0.15) is 36.1 Å². The Labute approximate surface area is 171 Å². The number of nitrogen functional groups attached to an aromatic ring is 1. The van der Waals surface area contributed by atoms with Crippen molar-refractivity contribution in [1.82, 2.24) is 9.55 Å². The number of carbonyl (C=O) groups is 1. The number of nitrogens with two attached hydrogens (primary N) is 1. The minimum atomic E-state index is -1.73. The van der Waals surface area contributed by atoms with Crippen molar-refractivity contribution in [2.24, 2.45) is 10.9 Å². The van der Waals surface area contributed by atoms with Gasteiger partial charge in [0.15, 0.2) is 6.23 Å². The maximum Gasteiger partial charge on any atom is 0.308 e. The number of hydrogen-bond donors (Lipinski definition) is 4. The second-order valence-electron chi connectivity index (χ2n) is 7.93. The summed E-state index contributed by atoms with van der Waals surface area (Å²) < 4.78 is 12.6. The Hall–Kier alpha value is -3.02. The molecular formula is C19H23N5O6. The summed E-state index contributed by atoms with van der Waals surface area (Å²) in [7, 11) is 0. The number of aliphatic hydroxyl groups excluding tert-OH is 1. The first kappa shape index (κ1) is 20.3. The first-order valence-corrected chi connectivity index (χ1v) is 9.48. The van der Waals surface area contributed by atoms with Crippen molar-refractivity contribution in [1.29, 1.82) is 0 Å². The first-order chi connectivity index (χ1) is 14.1. The highest BCUT2D eigenvalue weighted by atomic mass is 16.6. The van der Waals surface area contributed by atoms with Crippen LogP contribution in [0.3, 0.4) is 0 Å². The van der Waals surface area contributed by atoms with E-state index in [0.717, 1.165) is 0 Å². The van der Waals surface area contributed by atoms with Crippen LogP contribution in [0.25, 0.3) is 10.8 Å². The molecule has 4 rings (SSSR count). The molecule has 0 aliphatic carbocycles. The fraction of sp³-hybridized carbons (Fsp3) is 0.474. The van der Waals surface area contributed by atoms with Crippen molar-refractivity contribution >= 4 is 40.4 Å². The number of carbonyl (C=O) groups excluding carboxylic acids is 1. The molecule has 0 aromatic carbocycles. The van der Waals surface area contributed by atoms with Gasteiger partial charge in [-0.3, -0.25) is 9.59 Å². The lowest BCUT2D eigenvalue weighted by atomic mass is 9.96. The van der Waals surface area contributed by atoms with Crippen molar-refractivity contribution < 1.29 is 24.5 Å². The monoisotopic (exact) mass is 417 g/mol. The molecule has 2 aliphatic rings. The SMILES string of the molecule is CC(C)C(=O)OC[C@H]1O[C@@H](n2cc3c(N)cc(=O)nc4c3c2N=CN4)[C@@](C)(O)[C@@H]1O. The molecule has 30 heavy (non-hydrogen) atoms. The summed E-state index contributed by atoms with van der Waals surface area (Å²) >= 11 is 0. The van der Waals surface area contributed by atoms with E-state index in [9.17, 15) is 19.8 Å². The molecule has 0 spiro atoms. The van der Waals surface area contributed by atoms with Crippen molar-refractivity contribution in [2.75, 3.05) is 17.7 Å². The molecule has 2 aromatic rings. The minimum absolute atomic E-state index is 0.188. The van der Waals surface area contributed by atoms with Crippen LogP contribution in [0.1, 0.15) is 27.0 Å². The Kier molecular flexibility index (Phi) is 4.76. The van der Waals surface area contributed by atoms with E-state index in [4.69, 9.17) is 15.2 Å². The Morgan fingerprint density at radius 1 is 1.50 bits per heavy atom. The smallest absolute Gasteiger partial charge is 0.308 e. The fourth-order valence-electron chi connectivity index (χ4n) is 3.65. The Morgan fingerprint density at radius 3 is 2.93 bits per heavy atom. The summed E-state index contributed by atoms with van der Waals surface area (Å²) in [5.74, 6) is -0.140. The highest BCUT2D eigenvalue weighted by molar-refractivity contribution is 6.10. The van der Waals surface area contributed by atoms with Gasteiger partial charge in [0.05, 0.1) is 17.6 Å². The molecule has 11 heteroatoms. The molecule has 2 aliphatic heterocycles. The molecule has 0 radical (unpaired) electrons. The van der Waals surface area contributed by atoms with Gasteiger partial charge < -0.3 is 35.3 Å². The number of anilines is 2. The summed E-state index contributed by atoms with van der Waals surface area (Å²) in [6.45, 7) is 4.60. The van der Waals surface area contributed by atoms with Crippen LogP contribution in [0.4, 0.5) is 17.3 Å². The maximum absolute atomic E-state index is 11.9. The molecule has 11 nitrogen and oxygen atoms in total. The van der Waals surface area contributed by atoms with Gasteiger partial charge >= 0.3 is 5.97 Å². The van der Waals surface area contributed by atoms with Crippen LogP contribution in [-0.4, -0.2) is 56.5 Å². The number of aromatic nitrogens is 2. The topological polar surface area (TPSA) is 161 Å². The number of aliphatic hydroxyl groups is 2. The largest absolute Gasteiger partial charge is 0.463 e. The van der Waals surface area contributed by atoms with Crippen LogP contribution < -0.4 is 16.6 Å². The van der Waals surface area contributed by atoms with Gasteiger partial charge in [-0.1, -0.05) is 13.8 Å². The first-order valence-electron chi connectivity index (χ1n) is 9.48. The lowest BCUT2D eigenvalue weighted by Crippen LogP contribution is -2.44.